The Morgan fingerprint density at radius 2 is 1.95 bits per heavy atom. The van der Waals surface area contributed by atoms with Crippen molar-refractivity contribution in [2.45, 2.75) is 58.3 Å². The first-order valence-corrected chi connectivity index (χ1v) is 8.44. The van der Waals surface area contributed by atoms with Gasteiger partial charge in [-0.25, -0.2) is 0 Å². The molecule has 1 saturated heterocycles. The van der Waals surface area contributed by atoms with E-state index in [-0.39, 0.29) is 24.0 Å². The number of likely N-dealkylation sites (tertiary alicyclic amines) is 1. The third kappa shape index (κ3) is 11.2. The zero-order valence-corrected chi connectivity index (χ0v) is 16.3. The Kier molecular flexibility index (Phi) is 13.6. The van der Waals surface area contributed by atoms with Crippen LogP contribution < -0.4 is 11.1 Å². The molecule has 0 radical (unpaired) electrons. The summed E-state index contributed by atoms with van der Waals surface area (Å²) in [6.45, 7) is 6.48. The molecule has 5 heteroatoms. The van der Waals surface area contributed by atoms with E-state index in [0.29, 0.717) is 11.9 Å². The molecule has 0 saturated carbocycles. The van der Waals surface area contributed by atoms with Crippen LogP contribution in [0, 0.1) is 5.92 Å². The predicted octanol–water partition coefficient (Wildman–Crippen LogP) is 3.21. The normalized spacial score (nSPS) is 20.1. The number of nitrogens with one attached hydrogen (secondary N) is 1. The number of halogens is 1. The summed E-state index contributed by atoms with van der Waals surface area (Å²) < 4.78 is 0. The fraction of sp³-hybridized carbons (Fsp3) is 0.938. The topological polar surface area (TPSA) is 53.6 Å². The number of nitrogens with zero attached hydrogens (tertiary/aromatic N) is 2. The van der Waals surface area contributed by atoms with E-state index >= 15 is 0 Å². The maximum Gasteiger partial charge on any atom is 0.188 e. The van der Waals surface area contributed by atoms with Gasteiger partial charge in [-0.15, -0.1) is 24.0 Å². The van der Waals surface area contributed by atoms with Gasteiger partial charge in [-0.2, -0.15) is 0 Å². The van der Waals surface area contributed by atoms with Gasteiger partial charge in [0.15, 0.2) is 5.96 Å². The number of aliphatic imine (C=N–C) groups is 1. The first-order chi connectivity index (χ1) is 9.72. The Labute approximate surface area is 148 Å². The lowest BCUT2D eigenvalue weighted by Crippen LogP contribution is -2.36. The Bertz CT molecular complexity index is 271. The van der Waals surface area contributed by atoms with Gasteiger partial charge < -0.3 is 16.0 Å². The minimum atomic E-state index is 0. The zero-order chi connectivity index (χ0) is 14.6. The van der Waals surface area contributed by atoms with Crippen LogP contribution in [-0.2, 0) is 0 Å². The Morgan fingerprint density at radius 3 is 2.67 bits per heavy atom. The molecule has 1 unspecified atom stereocenters. The molecular formula is C16H35IN4. The van der Waals surface area contributed by atoms with E-state index in [4.69, 9.17) is 5.73 Å². The van der Waals surface area contributed by atoms with Crippen LogP contribution >= 0.6 is 24.0 Å². The maximum absolute atomic E-state index is 5.91. The first kappa shape index (κ1) is 21.0. The number of unbranched alkanes of at least 4 members (excludes halogenated alkanes) is 5. The lowest BCUT2D eigenvalue weighted by Gasteiger charge is -2.28. The minimum Gasteiger partial charge on any atom is -0.370 e. The fourth-order valence-corrected chi connectivity index (χ4v) is 2.83. The fourth-order valence-electron chi connectivity index (χ4n) is 2.83. The van der Waals surface area contributed by atoms with Crippen molar-refractivity contribution < 1.29 is 0 Å². The maximum atomic E-state index is 5.91. The van der Waals surface area contributed by atoms with Gasteiger partial charge in [0.1, 0.15) is 0 Å². The second kappa shape index (κ2) is 13.6. The highest BCUT2D eigenvalue weighted by molar-refractivity contribution is 14.0. The molecule has 0 aromatic carbocycles. The van der Waals surface area contributed by atoms with Crippen LogP contribution in [0.1, 0.15) is 58.3 Å². The van der Waals surface area contributed by atoms with E-state index in [1.807, 2.05) is 0 Å². The highest BCUT2D eigenvalue weighted by Crippen LogP contribution is 2.14. The number of guanidine groups is 1. The van der Waals surface area contributed by atoms with Crippen LogP contribution in [0.4, 0.5) is 0 Å². The van der Waals surface area contributed by atoms with Crippen molar-refractivity contribution in [2.75, 3.05) is 33.2 Å². The van der Waals surface area contributed by atoms with Gasteiger partial charge in [-0.1, -0.05) is 39.0 Å². The van der Waals surface area contributed by atoms with Crippen molar-refractivity contribution in [2.24, 2.45) is 16.6 Å². The molecule has 1 rings (SSSR count). The van der Waals surface area contributed by atoms with E-state index in [9.17, 15) is 0 Å². The molecule has 1 heterocycles. The second-order valence-electron chi connectivity index (χ2n) is 6.19. The van der Waals surface area contributed by atoms with E-state index in [2.05, 4.69) is 29.2 Å². The highest BCUT2D eigenvalue weighted by Gasteiger charge is 2.16. The van der Waals surface area contributed by atoms with Crippen LogP contribution in [0.5, 0.6) is 0 Å². The van der Waals surface area contributed by atoms with Crippen molar-refractivity contribution in [3.63, 3.8) is 0 Å². The zero-order valence-electron chi connectivity index (χ0n) is 13.9. The van der Waals surface area contributed by atoms with Crippen molar-refractivity contribution in [3.05, 3.63) is 0 Å². The first-order valence-electron chi connectivity index (χ1n) is 8.44. The van der Waals surface area contributed by atoms with Crippen molar-refractivity contribution in [3.8, 4) is 0 Å². The van der Waals surface area contributed by atoms with Crippen LogP contribution in [-0.4, -0.2) is 44.1 Å². The molecule has 1 atom stereocenters. The summed E-state index contributed by atoms with van der Waals surface area (Å²) in [7, 11) is 2.19. The molecule has 1 aliphatic heterocycles. The molecule has 4 nitrogen and oxygen atoms in total. The summed E-state index contributed by atoms with van der Waals surface area (Å²) in [6.07, 6.45) is 10.5. The molecular weight excluding hydrogens is 375 g/mol. The number of nitrogens with two attached hydrogens (primary N) is 1. The van der Waals surface area contributed by atoms with Crippen molar-refractivity contribution >= 4 is 29.9 Å². The molecule has 126 valence electrons. The third-order valence-corrected chi connectivity index (χ3v) is 4.08. The summed E-state index contributed by atoms with van der Waals surface area (Å²) in [6, 6.07) is 0. The van der Waals surface area contributed by atoms with E-state index in [1.165, 1.54) is 57.9 Å². The third-order valence-electron chi connectivity index (χ3n) is 4.08. The standard InChI is InChI=1S/C16H34N4.HI/c1-3-4-5-6-7-8-11-18-16(17)19-13-15-10-9-12-20(2)14-15;/h15H,3-14H2,1-2H3,(H3,17,18,19);1H. The number of hydrogen-bond donors (Lipinski definition) is 2. The Morgan fingerprint density at radius 1 is 1.24 bits per heavy atom. The van der Waals surface area contributed by atoms with Crippen LogP contribution in [0.2, 0.25) is 0 Å². The van der Waals surface area contributed by atoms with Crippen molar-refractivity contribution in [1.29, 1.82) is 0 Å². The molecule has 0 aromatic heterocycles. The monoisotopic (exact) mass is 410 g/mol. The summed E-state index contributed by atoms with van der Waals surface area (Å²) in [5, 5.41) is 3.24. The van der Waals surface area contributed by atoms with E-state index in [0.717, 1.165) is 19.6 Å². The lowest BCUT2D eigenvalue weighted by molar-refractivity contribution is 0.214. The van der Waals surface area contributed by atoms with Gasteiger partial charge in [-0.05, 0) is 38.8 Å². The minimum absolute atomic E-state index is 0. The number of piperidine rings is 1. The molecule has 0 spiro atoms. The van der Waals surface area contributed by atoms with Crippen molar-refractivity contribution in [1.82, 2.24) is 10.2 Å². The molecule has 1 aliphatic rings. The van der Waals surface area contributed by atoms with Crippen LogP contribution in [0.3, 0.4) is 0 Å². The van der Waals surface area contributed by atoms with E-state index < -0.39 is 0 Å². The highest BCUT2D eigenvalue weighted by atomic mass is 127. The number of hydrogen-bond acceptors (Lipinski definition) is 2. The quantitative estimate of drug-likeness (QED) is 0.266. The van der Waals surface area contributed by atoms with Gasteiger partial charge in [0.25, 0.3) is 0 Å². The van der Waals surface area contributed by atoms with Gasteiger partial charge in [0.05, 0.1) is 0 Å². The van der Waals surface area contributed by atoms with Gasteiger partial charge in [0.2, 0.25) is 0 Å². The van der Waals surface area contributed by atoms with E-state index in [1.54, 1.807) is 0 Å². The smallest absolute Gasteiger partial charge is 0.188 e. The summed E-state index contributed by atoms with van der Waals surface area (Å²) in [5.74, 6) is 1.31. The second-order valence-corrected chi connectivity index (χ2v) is 6.19. The van der Waals surface area contributed by atoms with Gasteiger partial charge in [0, 0.05) is 19.6 Å². The lowest BCUT2D eigenvalue weighted by atomic mass is 9.99. The van der Waals surface area contributed by atoms with Crippen LogP contribution in [0.25, 0.3) is 0 Å². The summed E-state index contributed by atoms with van der Waals surface area (Å²) in [5.41, 5.74) is 5.91. The van der Waals surface area contributed by atoms with Gasteiger partial charge in [-0.3, -0.25) is 4.99 Å². The summed E-state index contributed by atoms with van der Waals surface area (Å²) in [4.78, 5) is 6.88. The van der Waals surface area contributed by atoms with Crippen LogP contribution in [0.15, 0.2) is 4.99 Å². The number of rotatable bonds is 9. The Balaban J connectivity index is 0.00000400. The summed E-state index contributed by atoms with van der Waals surface area (Å²) >= 11 is 0. The average molecular weight is 410 g/mol. The molecule has 0 bridgehead atoms. The molecule has 0 amide bonds. The molecule has 0 aromatic rings. The largest absolute Gasteiger partial charge is 0.370 e. The SMILES string of the molecule is CCCCCCCCNC(N)=NCC1CCCN(C)C1.I. The molecule has 0 aliphatic carbocycles. The van der Waals surface area contributed by atoms with Gasteiger partial charge >= 0.3 is 0 Å². The molecule has 21 heavy (non-hydrogen) atoms. The molecule has 1 fully saturated rings. The Hall–Kier alpha value is -0.0400. The predicted molar refractivity (Wildman–Crippen MR) is 104 cm³/mol. The molecule has 3 N–H and O–H groups in total. The average Bonchev–Trinajstić information content (AvgIpc) is 2.44.